The van der Waals surface area contributed by atoms with Gasteiger partial charge in [-0.15, -0.1) is 0 Å². The van der Waals surface area contributed by atoms with E-state index >= 15 is 0 Å². The number of allylic oxidation sites excluding steroid dienone is 1. The SMILES string of the molecule is CCOC(=O)C1=C(C)NC(=O)N[C@@H]1c1ccc(OC)c(COc2cccc(C)c2C)c1. The minimum atomic E-state index is -0.641. The lowest BCUT2D eigenvalue weighted by Crippen LogP contribution is -2.45. The van der Waals surface area contributed by atoms with Crippen LogP contribution in [-0.4, -0.2) is 25.7 Å². The highest BCUT2D eigenvalue weighted by atomic mass is 16.5. The Balaban J connectivity index is 1.94. The lowest BCUT2D eigenvalue weighted by atomic mass is 9.94. The minimum Gasteiger partial charge on any atom is -0.496 e. The van der Waals surface area contributed by atoms with E-state index in [4.69, 9.17) is 14.2 Å². The van der Waals surface area contributed by atoms with Crippen LogP contribution in [0.3, 0.4) is 0 Å². The van der Waals surface area contributed by atoms with Crippen LogP contribution >= 0.6 is 0 Å². The fourth-order valence-corrected chi connectivity index (χ4v) is 3.55. The zero-order valence-electron chi connectivity index (χ0n) is 18.5. The van der Waals surface area contributed by atoms with E-state index in [-0.39, 0.29) is 19.2 Å². The highest BCUT2D eigenvalue weighted by Crippen LogP contribution is 2.32. The van der Waals surface area contributed by atoms with Crippen molar-refractivity contribution < 1.29 is 23.8 Å². The number of carbonyl (C=O) groups is 2. The molecule has 2 amide bonds. The summed E-state index contributed by atoms with van der Waals surface area (Å²) in [6.07, 6.45) is 0. The lowest BCUT2D eigenvalue weighted by molar-refractivity contribution is -0.139. The molecule has 2 aromatic carbocycles. The van der Waals surface area contributed by atoms with Crippen LogP contribution < -0.4 is 20.1 Å². The normalized spacial score (nSPS) is 15.8. The molecule has 0 unspecified atom stereocenters. The predicted molar refractivity (Wildman–Crippen MR) is 117 cm³/mol. The molecule has 0 spiro atoms. The highest BCUT2D eigenvalue weighted by Gasteiger charge is 2.32. The van der Waals surface area contributed by atoms with Gasteiger partial charge in [-0.2, -0.15) is 0 Å². The second-order valence-corrected chi connectivity index (χ2v) is 7.35. The first-order valence-electron chi connectivity index (χ1n) is 10.2. The van der Waals surface area contributed by atoms with E-state index in [0.717, 1.165) is 28.0 Å². The average molecular weight is 424 g/mol. The van der Waals surface area contributed by atoms with Crippen LogP contribution in [0.1, 0.15) is 42.1 Å². The zero-order valence-corrected chi connectivity index (χ0v) is 18.5. The molecule has 1 atom stereocenters. The highest BCUT2D eigenvalue weighted by molar-refractivity contribution is 5.95. The van der Waals surface area contributed by atoms with Gasteiger partial charge in [0.2, 0.25) is 0 Å². The molecule has 3 rings (SSSR count). The molecular formula is C24H28N2O5. The fraction of sp³-hybridized carbons (Fsp3) is 0.333. The van der Waals surface area contributed by atoms with Gasteiger partial charge in [0.1, 0.15) is 18.1 Å². The van der Waals surface area contributed by atoms with Gasteiger partial charge in [-0.1, -0.05) is 18.2 Å². The monoisotopic (exact) mass is 424 g/mol. The Kier molecular flexibility index (Phi) is 6.84. The first-order chi connectivity index (χ1) is 14.8. The molecule has 31 heavy (non-hydrogen) atoms. The van der Waals surface area contributed by atoms with Gasteiger partial charge < -0.3 is 24.8 Å². The van der Waals surface area contributed by atoms with Gasteiger partial charge in [-0.3, -0.25) is 0 Å². The molecule has 0 fully saturated rings. The van der Waals surface area contributed by atoms with E-state index < -0.39 is 12.0 Å². The molecule has 2 N–H and O–H groups in total. The van der Waals surface area contributed by atoms with Gasteiger partial charge in [-0.25, -0.2) is 9.59 Å². The molecule has 0 aromatic heterocycles. The van der Waals surface area contributed by atoms with Gasteiger partial charge in [-0.05, 0) is 62.6 Å². The summed E-state index contributed by atoms with van der Waals surface area (Å²) >= 11 is 0. The van der Waals surface area contributed by atoms with Crippen molar-refractivity contribution in [2.75, 3.05) is 13.7 Å². The predicted octanol–water partition coefficient (Wildman–Crippen LogP) is 4.08. The smallest absolute Gasteiger partial charge is 0.338 e. The topological polar surface area (TPSA) is 85.9 Å². The number of amides is 2. The summed E-state index contributed by atoms with van der Waals surface area (Å²) in [7, 11) is 1.59. The number of benzene rings is 2. The lowest BCUT2D eigenvalue weighted by Gasteiger charge is -2.28. The quantitative estimate of drug-likeness (QED) is 0.654. The van der Waals surface area contributed by atoms with Crippen LogP contribution in [0, 0.1) is 13.8 Å². The average Bonchev–Trinajstić information content (AvgIpc) is 2.74. The van der Waals surface area contributed by atoms with E-state index in [1.165, 1.54) is 0 Å². The number of methoxy groups -OCH3 is 1. The minimum absolute atomic E-state index is 0.244. The van der Waals surface area contributed by atoms with Crippen molar-refractivity contribution in [1.29, 1.82) is 0 Å². The van der Waals surface area contributed by atoms with Crippen LogP contribution in [0.25, 0.3) is 0 Å². The van der Waals surface area contributed by atoms with Crippen molar-refractivity contribution in [1.82, 2.24) is 10.6 Å². The van der Waals surface area contributed by atoms with Crippen molar-refractivity contribution in [2.24, 2.45) is 0 Å². The van der Waals surface area contributed by atoms with Gasteiger partial charge in [0.05, 0.1) is 25.3 Å². The van der Waals surface area contributed by atoms with E-state index in [0.29, 0.717) is 17.0 Å². The Morgan fingerprint density at radius 3 is 2.58 bits per heavy atom. The van der Waals surface area contributed by atoms with Gasteiger partial charge in [0.15, 0.2) is 0 Å². The number of hydrogen-bond acceptors (Lipinski definition) is 5. The summed E-state index contributed by atoms with van der Waals surface area (Å²) in [5, 5.41) is 5.46. The number of esters is 1. The molecule has 7 nitrogen and oxygen atoms in total. The molecule has 1 heterocycles. The number of hydrogen-bond donors (Lipinski definition) is 2. The summed E-state index contributed by atoms with van der Waals surface area (Å²) < 4.78 is 16.8. The third-order valence-electron chi connectivity index (χ3n) is 5.34. The van der Waals surface area contributed by atoms with Crippen molar-refractivity contribution in [3.8, 4) is 11.5 Å². The summed E-state index contributed by atoms with van der Waals surface area (Å²) in [5.41, 5.74) is 4.60. The molecule has 1 aliphatic rings. The third kappa shape index (κ3) is 4.82. The second kappa shape index (κ2) is 9.55. The zero-order chi connectivity index (χ0) is 22.5. The van der Waals surface area contributed by atoms with E-state index in [1.54, 1.807) is 21.0 Å². The largest absolute Gasteiger partial charge is 0.496 e. The van der Waals surface area contributed by atoms with E-state index in [1.807, 2.05) is 50.2 Å². The van der Waals surface area contributed by atoms with Crippen LogP contribution in [-0.2, 0) is 16.1 Å². The number of urea groups is 1. The standard InChI is InChI=1S/C24H28N2O5/c1-6-30-23(27)21-16(4)25-24(28)26-22(21)17-10-11-20(29-5)18(12-17)13-31-19-9-7-8-14(2)15(19)3/h7-12,22H,6,13H2,1-5H3,(H2,25,26,28)/t22-/m1/s1. The maximum Gasteiger partial charge on any atom is 0.338 e. The Morgan fingerprint density at radius 2 is 1.87 bits per heavy atom. The fourth-order valence-electron chi connectivity index (χ4n) is 3.55. The van der Waals surface area contributed by atoms with E-state index in [2.05, 4.69) is 10.6 Å². The molecule has 164 valence electrons. The first kappa shape index (κ1) is 22.2. The third-order valence-corrected chi connectivity index (χ3v) is 5.34. The first-order valence-corrected chi connectivity index (χ1v) is 10.2. The molecular weight excluding hydrogens is 396 g/mol. The van der Waals surface area contributed by atoms with Crippen molar-refractivity contribution in [3.05, 3.63) is 69.9 Å². The maximum atomic E-state index is 12.6. The summed E-state index contributed by atoms with van der Waals surface area (Å²) in [6, 6.07) is 10.4. The van der Waals surface area contributed by atoms with Gasteiger partial charge in [0.25, 0.3) is 0 Å². The van der Waals surface area contributed by atoms with Crippen molar-refractivity contribution in [3.63, 3.8) is 0 Å². The van der Waals surface area contributed by atoms with Gasteiger partial charge in [0, 0.05) is 11.3 Å². The summed E-state index contributed by atoms with van der Waals surface area (Å²) in [4.78, 5) is 24.7. The number of nitrogens with one attached hydrogen (secondary N) is 2. The van der Waals surface area contributed by atoms with Crippen LogP contribution in [0.2, 0.25) is 0 Å². The Morgan fingerprint density at radius 1 is 1.10 bits per heavy atom. The second-order valence-electron chi connectivity index (χ2n) is 7.35. The molecule has 1 aliphatic heterocycles. The Hall–Kier alpha value is -3.48. The van der Waals surface area contributed by atoms with Gasteiger partial charge >= 0.3 is 12.0 Å². The Bertz CT molecular complexity index is 1030. The maximum absolute atomic E-state index is 12.6. The number of rotatable bonds is 7. The molecule has 0 bridgehead atoms. The molecule has 0 saturated carbocycles. The van der Waals surface area contributed by atoms with Crippen molar-refractivity contribution in [2.45, 2.75) is 40.3 Å². The number of ether oxygens (including phenoxy) is 3. The summed E-state index contributed by atoms with van der Waals surface area (Å²) in [6.45, 7) is 8.00. The number of carbonyl (C=O) groups excluding carboxylic acids is 2. The van der Waals surface area contributed by atoms with Crippen LogP contribution in [0.4, 0.5) is 4.79 Å². The molecule has 0 saturated heterocycles. The molecule has 7 heteroatoms. The van der Waals surface area contributed by atoms with E-state index in [9.17, 15) is 9.59 Å². The molecule has 0 radical (unpaired) electrons. The molecule has 2 aromatic rings. The molecule has 0 aliphatic carbocycles. The van der Waals surface area contributed by atoms with Crippen molar-refractivity contribution >= 4 is 12.0 Å². The number of aryl methyl sites for hydroxylation is 1. The van der Waals surface area contributed by atoms with Crippen LogP contribution in [0.5, 0.6) is 11.5 Å². The Labute approximate surface area is 182 Å². The summed E-state index contributed by atoms with van der Waals surface area (Å²) in [5.74, 6) is 0.986. The van der Waals surface area contributed by atoms with Crippen LogP contribution in [0.15, 0.2) is 47.7 Å².